The second-order valence-corrected chi connectivity index (χ2v) is 20.3. The van der Waals surface area contributed by atoms with Gasteiger partial charge in [0.25, 0.3) is 0 Å². The Kier molecular flexibility index (Phi) is 6.96. The summed E-state index contributed by atoms with van der Waals surface area (Å²) in [6.07, 6.45) is 16.2. The molecule has 4 aliphatic carbocycles. The number of hydrogen-bond donors (Lipinski definition) is 0. The molecule has 0 bridgehead atoms. The molecule has 3 unspecified atom stereocenters. The van der Waals surface area contributed by atoms with Gasteiger partial charge in [-0.25, -0.2) is 0 Å². The number of rotatable bonds is 8. The fraction of sp³-hybridized carbons (Fsp3) is 1.00. The Morgan fingerprint density at radius 3 is 2.34 bits per heavy atom. The van der Waals surface area contributed by atoms with E-state index in [2.05, 4.69) is 61.2 Å². The first kappa shape index (κ1) is 26.7. The Labute approximate surface area is 219 Å². The van der Waals surface area contributed by atoms with E-state index in [4.69, 9.17) is 9.16 Å². The Hall–Kier alpha value is 0.137. The highest BCUT2D eigenvalue weighted by molar-refractivity contribution is 6.69. The van der Waals surface area contributed by atoms with Crippen molar-refractivity contribution in [3.05, 3.63) is 0 Å². The van der Waals surface area contributed by atoms with Crippen molar-refractivity contribution < 1.29 is 9.16 Å². The maximum atomic E-state index is 6.80. The topological polar surface area (TPSA) is 21.8 Å². The van der Waals surface area contributed by atoms with Crippen LogP contribution in [0.2, 0.25) is 19.6 Å². The first-order valence-electron chi connectivity index (χ1n) is 15.7. The Bertz CT molecular complexity index is 774. The molecule has 0 N–H and O–H groups in total. The van der Waals surface area contributed by atoms with Crippen LogP contribution in [0.25, 0.3) is 0 Å². The van der Waals surface area contributed by atoms with Gasteiger partial charge in [-0.2, -0.15) is 0 Å². The standard InChI is InChI=1S/C32H58O2Si/c1-10-23(21(2)3)12-11-22(4)26-13-14-27-25-19-29-32(33-29)20-24(34-35(7,8)9)15-18-31(32,6)28(25)16-17-30(26,27)5/h21-29H,10-20H2,1-9H3/t22-,23-,24+,25?,26-,27?,28?,29-,30-,31-,32-/m1/s1. The molecular formula is C32H58O2Si. The van der Waals surface area contributed by atoms with Crippen LogP contribution in [-0.2, 0) is 9.16 Å². The van der Waals surface area contributed by atoms with Crippen molar-refractivity contribution in [2.24, 2.45) is 52.3 Å². The molecule has 0 aromatic heterocycles. The van der Waals surface area contributed by atoms with Gasteiger partial charge < -0.3 is 9.16 Å². The first-order chi connectivity index (χ1) is 16.3. The predicted molar refractivity (Wildman–Crippen MR) is 150 cm³/mol. The van der Waals surface area contributed by atoms with Crippen molar-refractivity contribution in [1.29, 1.82) is 0 Å². The number of hydrogen-bond acceptors (Lipinski definition) is 2. The average Bonchev–Trinajstić information content (AvgIpc) is 3.34. The summed E-state index contributed by atoms with van der Waals surface area (Å²) in [5, 5.41) is 0. The number of fused-ring (bicyclic) bond motifs is 4. The molecule has 5 rings (SSSR count). The van der Waals surface area contributed by atoms with E-state index in [1.165, 1.54) is 70.6 Å². The highest BCUT2D eigenvalue weighted by Gasteiger charge is 2.76. The maximum Gasteiger partial charge on any atom is 0.184 e. The van der Waals surface area contributed by atoms with Gasteiger partial charge in [0, 0.05) is 17.9 Å². The lowest BCUT2D eigenvalue weighted by Gasteiger charge is -2.60. The maximum absolute atomic E-state index is 6.80. The molecule has 1 aliphatic heterocycles. The minimum atomic E-state index is -1.50. The molecule has 35 heavy (non-hydrogen) atoms. The summed E-state index contributed by atoms with van der Waals surface area (Å²) >= 11 is 0. The second-order valence-electron chi connectivity index (χ2n) is 15.8. The highest BCUT2D eigenvalue weighted by atomic mass is 28.4. The molecule has 5 fully saturated rings. The van der Waals surface area contributed by atoms with Gasteiger partial charge in [-0.05, 0) is 118 Å². The third-order valence-electron chi connectivity index (χ3n) is 12.8. The van der Waals surface area contributed by atoms with Gasteiger partial charge in [0.1, 0.15) is 5.60 Å². The Balaban J connectivity index is 1.28. The highest BCUT2D eigenvalue weighted by Crippen LogP contribution is 2.74. The minimum absolute atomic E-state index is 0.155. The van der Waals surface area contributed by atoms with Gasteiger partial charge >= 0.3 is 0 Å². The zero-order valence-electron chi connectivity index (χ0n) is 24.8. The summed E-state index contributed by atoms with van der Waals surface area (Å²) in [6.45, 7) is 22.3. The van der Waals surface area contributed by atoms with E-state index in [-0.39, 0.29) is 5.60 Å². The molecule has 1 heterocycles. The second kappa shape index (κ2) is 9.11. The van der Waals surface area contributed by atoms with Crippen LogP contribution in [-0.4, -0.2) is 26.1 Å². The van der Waals surface area contributed by atoms with Crippen molar-refractivity contribution in [1.82, 2.24) is 0 Å². The third kappa shape index (κ3) is 4.34. The molecule has 5 aliphatic rings. The average molecular weight is 503 g/mol. The summed E-state index contributed by atoms with van der Waals surface area (Å²) in [5.74, 6) is 6.31. The van der Waals surface area contributed by atoms with E-state index in [9.17, 15) is 0 Å². The van der Waals surface area contributed by atoms with E-state index < -0.39 is 8.32 Å². The van der Waals surface area contributed by atoms with Gasteiger partial charge in [0.15, 0.2) is 8.32 Å². The zero-order chi connectivity index (χ0) is 25.4. The molecule has 4 saturated carbocycles. The predicted octanol–water partition coefficient (Wildman–Crippen LogP) is 9.10. The smallest absolute Gasteiger partial charge is 0.184 e. The summed E-state index contributed by atoms with van der Waals surface area (Å²) in [7, 11) is -1.50. The van der Waals surface area contributed by atoms with E-state index in [1.807, 2.05) is 0 Å². The van der Waals surface area contributed by atoms with Crippen LogP contribution in [0.15, 0.2) is 0 Å². The molecule has 0 aromatic rings. The monoisotopic (exact) mass is 502 g/mol. The SMILES string of the molecule is CC[C@H](CC[C@@H](C)[C@H]1CCC2C3C[C@H]4O[C@]45C[C@@H](O[Si](C)(C)C)CC[C@]5(C)C3CC[C@@]21C)C(C)C. The van der Waals surface area contributed by atoms with Crippen LogP contribution in [0.1, 0.15) is 112 Å². The molecule has 0 amide bonds. The first-order valence-corrected chi connectivity index (χ1v) is 19.1. The molecule has 202 valence electrons. The van der Waals surface area contributed by atoms with Gasteiger partial charge in [-0.15, -0.1) is 0 Å². The third-order valence-corrected chi connectivity index (χ3v) is 13.8. The van der Waals surface area contributed by atoms with Crippen LogP contribution < -0.4 is 0 Å². The van der Waals surface area contributed by atoms with Crippen LogP contribution in [0.3, 0.4) is 0 Å². The van der Waals surface area contributed by atoms with Crippen molar-refractivity contribution in [2.75, 3.05) is 0 Å². The van der Waals surface area contributed by atoms with Crippen LogP contribution in [0.4, 0.5) is 0 Å². The summed E-state index contributed by atoms with van der Waals surface area (Å²) < 4.78 is 13.4. The van der Waals surface area contributed by atoms with E-state index in [1.54, 1.807) is 0 Å². The molecule has 0 aromatic carbocycles. The van der Waals surface area contributed by atoms with Gasteiger partial charge in [0.2, 0.25) is 0 Å². The number of ether oxygens (including phenoxy) is 1. The summed E-state index contributed by atoms with van der Waals surface area (Å²) in [4.78, 5) is 0. The van der Waals surface area contributed by atoms with Gasteiger partial charge in [0.05, 0.1) is 6.10 Å². The van der Waals surface area contributed by atoms with Crippen molar-refractivity contribution >= 4 is 8.32 Å². The van der Waals surface area contributed by atoms with Crippen molar-refractivity contribution in [3.8, 4) is 0 Å². The Morgan fingerprint density at radius 2 is 1.69 bits per heavy atom. The molecule has 2 nitrogen and oxygen atoms in total. The normalized spacial score (nSPS) is 48.5. The van der Waals surface area contributed by atoms with E-state index >= 15 is 0 Å². The Morgan fingerprint density at radius 1 is 0.943 bits per heavy atom. The van der Waals surface area contributed by atoms with Crippen LogP contribution >= 0.6 is 0 Å². The minimum Gasteiger partial charge on any atom is -0.415 e. The van der Waals surface area contributed by atoms with Crippen molar-refractivity contribution in [3.63, 3.8) is 0 Å². The fourth-order valence-electron chi connectivity index (χ4n) is 10.9. The fourth-order valence-corrected chi connectivity index (χ4v) is 12.1. The van der Waals surface area contributed by atoms with Crippen molar-refractivity contribution in [2.45, 2.75) is 150 Å². The quantitative estimate of drug-likeness (QED) is 0.244. The largest absolute Gasteiger partial charge is 0.415 e. The van der Waals surface area contributed by atoms with Crippen LogP contribution in [0.5, 0.6) is 0 Å². The molecule has 1 spiro atoms. The lowest BCUT2D eigenvalue weighted by molar-refractivity contribution is -0.114. The number of epoxide rings is 1. The summed E-state index contributed by atoms with van der Waals surface area (Å²) in [6, 6.07) is 0. The van der Waals surface area contributed by atoms with Crippen LogP contribution in [0, 0.1) is 52.3 Å². The molecule has 0 radical (unpaired) electrons. The molecule has 11 atom stereocenters. The molecule has 1 saturated heterocycles. The van der Waals surface area contributed by atoms with Gasteiger partial charge in [-0.3, -0.25) is 0 Å². The molecular weight excluding hydrogens is 444 g/mol. The van der Waals surface area contributed by atoms with E-state index in [0.717, 1.165) is 41.4 Å². The lowest BCUT2D eigenvalue weighted by atomic mass is 9.44. The molecule has 3 heteroatoms. The van der Waals surface area contributed by atoms with E-state index in [0.29, 0.717) is 23.0 Å². The van der Waals surface area contributed by atoms with Gasteiger partial charge in [-0.1, -0.05) is 54.4 Å². The zero-order valence-corrected chi connectivity index (χ0v) is 25.8. The lowest BCUT2D eigenvalue weighted by Crippen LogP contribution is -2.59. The summed E-state index contributed by atoms with van der Waals surface area (Å²) in [5.41, 5.74) is 1.11.